The molecule has 4 heterocycles. The van der Waals surface area contributed by atoms with Crippen molar-refractivity contribution in [3.05, 3.63) is 105 Å². The molecule has 0 radical (unpaired) electrons. The molecule has 472 valence electrons. The number of amides is 7. The number of halogens is 3. The number of unbranched alkanes of at least 4 members (excludes halogenated alkanes) is 6. The summed E-state index contributed by atoms with van der Waals surface area (Å²) in [4.78, 5) is 124. The number of anilines is 1. The lowest BCUT2D eigenvalue weighted by atomic mass is 9.85. The molecule has 5 atom stereocenters. The predicted octanol–water partition coefficient (Wildman–Crippen LogP) is 9.70. The molecule has 0 unspecified atom stereocenters. The first-order chi connectivity index (χ1) is 40.9. The molecule has 2 fully saturated rings. The zero-order chi connectivity index (χ0) is 63.6. The number of allylic oxidation sites excluding steroid dienone is 2. The maximum Gasteiger partial charge on any atom is 0.399 e. The molecule has 7 amide bonds. The van der Waals surface area contributed by atoms with Crippen LogP contribution < -0.4 is 26.2 Å². The van der Waals surface area contributed by atoms with Gasteiger partial charge in [0, 0.05) is 90.7 Å². The second-order valence-corrected chi connectivity index (χ2v) is 28.6. The van der Waals surface area contributed by atoms with E-state index in [4.69, 9.17) is 0 Å². The van der Waals surface area contributed by atoms with Crippen molar-refractivity contribution in [1.29, 1.82) is 0 Å². The van der Waals surface area contributed by atoms with Gasteiger partial charge in [0.2, 0.25) is 35.4 Å². The maximum absolute atomic E-state index is 14.6. The highest BCUT2D eigenvalue weighted by molar-refractivity contribution is 9.10. The Bertz CT molecular complexity index is 3270. The molecule has 0 bridgehead atoms. The zero-order valence-electron chi connectivity index (χ0n) is 50.5. The number of nitrogens with one attached hydrogen (secondary N) is 4. The Morgan fingerprint density at radius 1 is 0.782 bits per heavy atom. The van der Waals surface area contributed by atoms with Gasteiger partial charge < -0.3 is 50.9 Å². The highest BCUT2D eigenvalue weighted by Gasteiger charge is 2.51. The molecule has 3 aliphatic heterocycles. The normalized spacial score (nSPS) is 18.0. The monoisotopic (exact) mass is 1310 g/mol. The molecule has 1 aromatic heterocycles. The number of rotatable bonds is 26. The van der Waals surface area contributed by atoms with Crippen LogP contribution >= 0.6 is 34.9 Å². The van der Waals surface area contributed by atoms with Crippen molar-refractivity contribution >= 4 is 104 Å². The van der Waals surface area contributed by atoms with Gasteiger partial charge in [-0.25, -0.2) is 0 Å². The SMILES string of the molecule is CC1=C(c2ccc(CNC(=O)[C@@H]3C[C@@H](O)CN3C(=O)[C@@H](NC(=O)CCCCCCCCCNC(=O)CCN(C(=O)[C@@H]3CCCN3C(=O)[C@@H](NC(=O)c3cc4cc(C(F)(F)P(=O)(O)O)ccc4s3)C(C)(C)C)c3ccc(Br)cc3)C(C)(C)C)cc2)CC=N1. The van der Waals surface area contributed by atoms with Gasteiger partial charge in [-0.05, 0) is 108 Å². The molecule has 7 N–H and O–H groups in total. The molecule has 24 heteroatoms. The van der Waals surface area contributed by atoms with Crippen LogP contribution in [0.4, 0.5) is 14.5 Å². The third kappa shape index (κ3) is 17.8. The number of aliphatic hydroxyl groups excluding tert-OH is 1. The second kappa shape index (κ2) is 29.4. The van der Waals surface area contributed by atoms with Gasteiger partial charge in [0.05, 0.1) is 11.0 Å². The van der Waals surface area contributed by atoms with E-state index in [-0.39, 0.29) is 79.3 Å². The number of aliphatic imine (C=N–C) groups is 1. The maximum atomic E-state index is 14.6. The van der Waals surface area contributed by atoms with E-state index in [9.17, 15) is 61.8 Å². The standard InChI is InChI=1S/C63H82BrF2N8O11PS/c1-39-47(28-31-67-39)41-20-18-40(19-21-41)37-69-56(78)49-36-46(75)38-74(49)60(82)54(61(2,3)4)70-53(77)17-13-11-9-8-10-12-14-30-68-52(76)29-33-72(45-25-23-44(64)24-26-45)58(80)48-16-15-32-73(48)59(81)55(62(5,6)7)71-57(79)51-35-42-34-43(22-27-50(42)87-51)63(65,66)86(83,84)85/h18-27,31,34-35,46,48-49,54-55,75H,8-17,28-30,32-33,36-38H2,1-7H3,(H,68,76)(H,69,78)(H,70,77)(H,71,79)(H2,83,84,85)/t46-,48+,49+,54-,55-/m1/s1. The summed E-state index contributed by atoms with van der Waals surface area (Å²) in [6.45, 7) is 13.8. The largest absolute Gasteiger partial charge is 0.399 e. The summed E-state index contributed by atoms with van der Waals surface area (Å²) in [5, 5.41) is 22.5. The Hall–Kier alpha value is -6.23. The molecule has 3 aromatic carbocycles. The highest BCUT2D eigenvalue weighted by atomic mass is 79.9. The fourth-order valence-electron chi connectivity index (χ4n) is 11.1. The first-order valence-electron chi connectivity index (χ1n) is 29.7. The van der Waals surface area contributed by atoms with Crippen molar-refractivity contribution in [3.63, 3.8) is 0 Å². The summed E-state index contributed by atoms with van der Waals surface area (Å²) in [6, 6.07) is 15.5. The average Bonchev–Trinajstić information content (AvgIpc) is 1.85. The van der Waals surface area contributed by atoms with Gasteiger partial charge in [-0.3, -0.25) is 43.1 Å². The van der Waals surface area contributed by atoms with E-state index < -0.39 is 77.6 Å². The Labute approximate surface area is 519 Å². The van der Waals surface area contributed by atoms with Crippen LogP contribution in [-0.2, 0) is 45.5 Å². The molecule has 2 saturated heterocycles. The fourth-order valence-corrected chi connectivity index (χ4v) is 12.8. The molecule has 19 nitrogen and oxygen atoms in total. The smallest absolute Gasteiger partial charge is 0.391 e. The second-order valence-electron chi connectivity index (χ2n) is 25.0. The molecule has 87 heavy (non-hydrogen) atoms. The molecule has 0 saturated carbocycles. The first-order valence-corrected chi connectivity index (χ1v) is 33.0. The van der Waals surface area contributed by atoms with Crippen molar-refractivity contribution in [2.45, 2.75) is 174 Å². The summed E-state index contributed by atoms with van der Waals surface area (Å²) in [7, 11) is -5.84. The lowest BCUT2D eigenvalue weighted by molar-refractivity contribution is -0.144. The van der Waals surface area contributed by atoms with Crippen LogP contribution in [0.3, 0.4) is 0 Å². The predicted molar refractivity (Wildman–Crippen MR) is 336 cm³/mol. The minimum atomic E-state index is -5.84. The Kier molecular flexibility index (Phi) is 23.1. The van der Waals surface area contributed by atoms with E-state index in [1.54, 1.807) is 45.0 Å². The van der Waals surface area contributed by atoms with Crippen LogP contribution in [-0.4, -0.2) is 129 Å². The van der Waals surface area contributed by atoms with Crippen LogP contribution in [0.5, 0.6) is 0 Å². The summed E-state index contributed by atoms with van der Waals surface area (Å²) in [6.07, 6.45) is 8.70. The van der Waals surface area contributed by atoms with Crippen molar-refractivity contribution in [2.24, 2.45) is 15.8 Å². The number of hydrogen-bond acceptors (Lipinski definition) is 11. The zero-order valence-corrected chi connectivity index (χ0v) is 53.8. The van der Waals surface area contributed by atoms with Gasteiger partial charge >= 0.3 is 13.3 Å². The number of aliphatic hydroxyl groups is 1. The molecule has 7 rings (SSSR count). The number of thiophene rings is 1. The Balaban J connectivity index is 0.825. The third-order valence-electron chi connectivity index (χ3n) is 16.1. The van der Waals surface area contributed by atoms with Crippen molar-refractivity contribution in [1.82, 2.24) is 31.1 Å². The van der Waals surface area contributed by atoms with Crippen molar-refractivity contribution in [2.75, 3.05) is 31.1 Å². The van der Waals surface area contributed by atoms with Gasteiger partial charge in [0.1, 0.15) is 24.2 Å². The van der Waals surface area contributed by atoms with E-state index in [2.05, 4.69) is 42.2 Å². The molecule has 0 spiro atoms. The van der Waals surface area contributed by atoms with Crippen LogP contribution in [0.1, 0.15) is 158 Å². The summed E-state index contributed by atoms with van der Waals surface area (Å²) in [5.41, 5.74) is -2.24. The van der Waals surface area contributed by atoms with Gasteiger partial charge in [-0.2, -0.15) is 8.78 Å². The topological polar surface area (TPSA) is 267 Å². The Morgan fingerprint density at radius 2 is 1.41 bits per heavy atom. The quantitative estimate of drug-likeness (QED) is 0.0230. The molecular weight excluding hydrogens is 1230 g/mol. The van der Waals surface area contributed by atoms with Gasteiger partial charge in [0.15, 0.2) is 0 Å². The number of fused-ring (bicyclic) bond motifs is 1. The van der Waals surface area contributed by atoms with Gasteiger partial charge in [-0.1, -0.05) is 120 Å². The van der Waals surface area contributed by atoms with E-state index in [0.29, 0.717) is 36.2 Å². The Morgan fingerprint density at radius 3 is 2.05 bits per heavy atom. The molecule has 3 aliphatic rings. The third-order valence-corrected chi connectivity index (χ3v) is 18.7. The van der Waals surface area contributed by atoms with Gasteiger partial charge in [-0.15, -0.1) is 11.3 Å². The highest BCUT2D eigenvalue weighted by Crippen LogP contribution is 2.59. The van der Waals surface area contributed by atoms with E-state index in [1.807, 2.05) is 58.2 Å². The number of carbonyl (C=O) groups is 7. The van der Waals surface area contributed by atoms with E-state index in [0.717, 1.165) is 89.7 Å². The van der Waals surface area contributed by atoms with Crippen LogP contribution in [0.2, 0.25) is 0 Å². The van der Waals surface area contributed by atoms with Crippen molar-refractivity contribution < 1.29 is 61.8 Å². The number of β-amino-alcohol motifs (C(OH)–C–C–N with tert-alkyl or cyclic N) is 1. The summed E-state index contributed by atoms with van der Waals surface area (Å²) >= 11 is 4.40. The minimum Gasteiger partial charge on any atom is -0.391 e. The van der Waals surface area contributed by atoms with Crippen LogP contribution in [0, 0.1) is 10.8 Å². The lowest BCUT2D eigenvalue weighted by Gasteiger charge is -2.36. The summed E-state index contributed by atoms with van der Waals surface area (Å²) < 4.78 is 41.8. The number of hydrogen-bond donors (Lipinski definition) is 7. The summed E-state index contributed by atoms with van der Waals surface area (Å²) in [5.74, 6) is -2.84. The van der Waals surface area contributed by atoms with Crippen LogP contribution in [0.15, 0.2) is 88.0 Å². The van der Waals surface area contributed by atoms with Crippen molar-refractivity contribution in [3.8, 4) is 0 Å². The van der Waals surface area contributed by atoms with Gasteiger partial charge in [0.25, 0.3) is 5.91 Å². The lowest BCUT2D eigenvalue weighted by Crippen LogP contribution is -2.58. The number of likely N-dealkylation sites (tertiary alicyclic amines) is 2. The van der Waals surface area contributed by atoms with E-state index in [1.165, 1.54) is 32.4 Å². The number of benzene rings is 3. The fraction of sp³-hybridized carbons (Fsp3) is 0.524. The molecular formula is C63H82BrF2N8O11PS. The number of alkyl halides is 2. The average molecular weight is 1310 g/mol. The first kappa shape index (κ1) is 68.3. The number of carbonyl (C=O) groups excluding carboxylic acids is 7. The number of nitrogens with zero attached hydrogens (tertiary/aromatic N) is 4. The molecule has 4 aromatic rings. The minimum absolute atomic E-state index is 0.0124. The molecule has 0 aliphatic carbocycles. The van der Waals surface area contributed by atoms with E-state index >= 15 is 0 Å². The van der Waals surface area contributed by atoms with Crippen LogP contribution in [0.25, 0.3) is 15.7 Å².